The summed E-state index contributed by atoms with van der Waals surface area (Å²) in [4.78, 5) is 39.4. The van der Waals surface area contributed by atoms with Crippen LogP contribution in [-0.2, 0) is 4.79 Å². The Labute approximate surface area is 142 Å². The molecule has 0 radical (unpaired) electrons. The van der Waals surface area contributed by atoms with E-state index in [9.17, 15) is 14.4 Å². The number of carbonyl (C=O) groups excluding carboxylic acids is 3. The molecule has 2 saturated heterocycles. The summed E-state index contributed by atoms with van der Waals surface area (Å²) in [6.45, 7) is 1.23. The van der Waals surface area contributed by atoms with Crippen LogP contribution in [0.3, 0.4) is 0 Å². The number of hydrogen-bond acceptors (Lipinski definition) is 6. The molecule has 4 rings (SSSR count). The van der Waals surface area contributed by atoms with Crippen molar-refractivity contribution in [2.75, 3.05) is 25.6 Å². The molecule has 0 unspecified atom stereocenters. The average Bonchev–Trinajstić information content (AvgIpc) is 3.20. The number of thioether (sulfide) groups is 1. The summed E-state index contributed by atoms with van der Waals surface area (Å²) in [6.07, 6.45) is 1.24. The van der Waals surface area contributed by atoms with Gasteiger partial charge in [-0.05, 0) is 31.0 Å². The van der Waals surface area contributed by atoms with Crippen LogP contribution in [0.4, 0.5) is 4.79 Å². The molecule has 0 saturated carbocycles. The van der Waals surface area contributed by atoms with Crippen LogP contribution in [0.25, 0.3) is 0 Å². The van der Waals surface area contributed by atoms with E-state index in [1.807, 2.05) is 0 Å². The van der Waals surface area contributed by atoms with Crippen molar-refractivity contribution in [1.82, 2.24) is 9.80 Å². The lowest BCUT2D eigenvalue weighted by Gasteiger charge is -2.35. The van der Waals surface area contributed by atoms with Crippen molar-refractivity contribution in [2.24, 2.45) is 0 Å². The Morgan fingerprint density at radius 1 is 1.12 bits per heavy atom. The molecule has 0 spiro atoms. The van der Waals surface area contributed by atoms with Crippen molar-refractivity contribution in [3.8, 4) is 11.5 Å². The van der Waals surface area contributed by atoms with Gasteiger partial charge in [-0.25, -0.2) is 0 Å². The number of rotatable bonds is 2. The molecule has 1 aromatic carbocycles. The minimum atomic E-state index is -0.166. The van der Waals surface area contributed by atoms with Gasteiger partial charge in [-0.1, -0.05) is 11.8 Å². The van der Waals surface area contributed by atoms with Crippen LogP contribution >= 0.6 is 11.8 Å². The van der Waals surface area contributed by atoms with Gasteiger partial charge in [0.1, 0.15) is 0 Å². The summed E-state index contributed by atoms with van der Waals surface area (Å²) in [7, 11) is 0. The molecule has 3 aliphatic heterocycles. The number of imide groups is 1. The second-order valence-corrected chi connectivity index (χ2v) is 6.84. The quantitative estimate of drug-likeness (QED) is 0.810. The average molecular weight is 348 g/mol. The Hall–Kier alpha value is -2.22. The predicted octanol–water partition coefficient (Wildman–Crippen LogP) is 1.72. The van der Waals surface area contributed by atoms with E-state index in [0.29, 0.717) is 43.0 Å². The summed E-state index contributed by atoms with van der Waals surface area (Å²) in [6, 6.07) is 5.06. The number of likely N-dealkylation sites (tertiary alicyclic amines) is 1. The number of carbonyl (C=O) groups is 3. The van der Waals surface area contributed by atoms with Gasteiger partial charge in [0.15, 0.2) is 11.5 Å². The third-order valence-corrected chi connectivity index (χ3v) is 5.36. The molecule has 3 heterocycles. The van der Waals surface area contributed by atoms with Crippen LogP contribution in [0.5, 0.6) is 11.5 Å². The van der Waals surface area contributed by atoms with E-state index >= 15 is 0 Å². The monoisotopic (exact) mass is 348 g/mol. The fraction of sp³-hybridized carbons (Fsp3) is 0.438. The lowest BCUT2D eigenvalue weighted by atomic mass is 10.0. The first kappa shape index (κ1) is 15.3. The smallest absolute Gasteiger partial charge is 0.289 e. The van der Waals surface area contributed by atoms with E-state index in [1.54, 1.807) is 23.1 Å². The molecule has 0 N–H and O–H groups in total. The van der Waals surface area contributed by atoms with Gasteiger partial charge in [0, 0.05) is 24.7 Å². The zero-order valence-corrected chi connectivity index (χ0v) is 13.7. The molecule has 3 aliphatic rings. The second-order valence-electron chi connectivity index (χ2n) is 5.91. The van der Waals surface area contributed by atoms with E-state index < -0.39 is 0 Å². The first-order valence-electron chi connectivity index (χ1n) is 7.81. The Balaban J connectivity index is 1.41. The normalized spacial score (nSPS) is 20.8. The Morgan fingerprint density at radius 2 is 1.88 bits per heavy atom. The maximum absolute atomic E-state index is 12.6. The van der Waals surface area contributed by atoms with Crippen LogP contribution in [0.1, 0.15) is 23.2 Å². The molecule has 7 nitrogen and oxygen atoms in total. The van der Waals surface area contributed by atoms with E-state index in [2.05, 4.69) is 0 Å². The van der Waals surface area contributed by atoms with E-state index in [4.69, 9.17) is 9.47 Å². The van der Waals surface area contributed by atoms with Crippen LogP contribution < -0.4 is 9.47 Å². The highest BCUT2D eigenvalue weighted by atomic mass is 32.2. The molecule has 3 amide bonds. The zero-order chi connectivity index (χ0) is 16.7. The highest BCUT2D eigenvalue weighted by molar-refractivity contribution is 8.14. The molecule has 2 fully saturated rings. The van der Waals surface area contributed by atoms with Crippen molar-refractivity contribution in [3.63, 3.8) is 0 Å². The van der Waals surface area contributed by atoms with Crippen molar-refractivity contribution in [3.05, 3.63) is 23.8 Å². The predicted molar refractivity (Wildman–Crippen MR) is 86.2 cm³/mol. The molecule has 1 aromatic rings. The maximum Gasteiger partial charge on any atom is 0.289 e. The van der Waals surface area contributed by atoms with Gasteiger partial charge in [-0.2, -0.15) is 0 Å². The summed E-state index contributed by atoms with van der Waals surface area (Å²) >= 11 is 1.05. The van der Waals surface area contributed by atoms with Gasteiger partial charge in [-0.3, -0.25) is 19.3 Å². The number of nitrogens with zero attached hydrogens (tertiary/aromatic N) is 2. The number of piperidine rings is 1. The Bertz CT molecular complexity index is 698. The SMILES string of the molecule is O=C(c1ccc2c(c1)OCO2)N1CCC(N2C(=O)CSC2=O)CC1. The molecular formula is C16H16N2O5S. The van der Waals surface area contributed by atoms with Gasteiger partial charge in [0.25, 0.3) is 11.1 Å². The fourth-order valence-corrected chi connectivity index (χ4v) is 4.03. The number of amides is 3. The largest absolute Gasteiger partial charge is 0.454 e. The summed E-state index contributed by atoms with van der Waals surface area (Å²) in [5.74, 6) is 1.27. The molecule has 24 heavy (non-hydrogen) atoms. The lowest BCUT2D eigenvalue weighted by Crippen LogP contribution is -2.48. The molecule has 0 aliphatic carbocycles. The molecule has 0 aromatic heterocycles. The molecule has 126 valence electrons. The molecule has 8 heteroatoms. The van der Waals surface area contributed by atoms with Crippen molar-refractivity contribution >= 4 is 28.8 Å². The van der Waals surface area contributed by atoms with Gasteiger partial charge in [0.05, 0.1) is 5.75 Å². The minimum Gasteiger partial charge on any atom is -0.454 e. The maximum atomic E-state index is 12.6. The van der Waals surface area contributed by atoms with E-state index in [1.165, 1.54) is 4.90 Å². The molecule has 0 bridgehead atoms. The number of benzene rings is 1. The van der Waals surface area contributed by atoms with E-state index in [-0.39, 0.29) is 35.6 Å². The van der Waals surface area contributed by atoms with Crippen LogP contribution in [0.15, 0.2) is 18.2 Å². The number of fused-ring (bicyclic) bond motifs is 1. The minimum absolute atomic E-state index is 0.0693. The first-order valence-corrected chi connectivity index (χ1v) is 8.80. The van der Waals surface area contributed by atoms with Crippen LogP contribution in [0, 0.1) is 0 Å². The van der Waals surface area contributed by atoms with Crippen LogP contribution in [0.2, 0.25) is 0 Å². The Kier molecular flexibility index (Phi) is 3.84. The number of hydrogen-bond donors (Lipinski definition) is 0. The highest BCUT2D eigenvalue weighted by Gasteiger charge is 2.38. The highest BCUT2D eigenvalue weighted by Crippen LogP contribution is 2.33. The number of ether oxygens (including phenoxy) is 2. The molecule has 0 atom stereocenters. The fourth-order valence-electron chi connectivity index (χ4n) is 3.26. The summed E-state index contributed by atoms with van der Waals surface area (Å²) in [5, 5.41) is -0.166. The first-order chi connectivity index (χ1) is 11.6. The zero-order valence-electron chi connectivity index (χ0n) is 12.9. The third-order valence-electron chi connectivity index (χ3n) is 4.52. The summed E-state index contributed by atoms with van der Waals surface area (Å²) < 4.78 is 10.6. The van der Waals surface area contributed by atoms with Crippen molar-refractivity contribution in [1.29, 1.82) is 0 Å². The van der Waals surface area contributed by atoms with Crippen molar-refractivity contribution in [2.45, 2.75) is 18.9 Å². The Morgan fingerprint density at radius 3 is 2.58 bits per heavy atom. The van der Waals surface area contributed by atoms with E-state index in [0.717, 1.165) is 11.8 Å². The summed E-state index contributed by atoms with van der Waals surface area (Å²) in [5.41, 5.74) is 0.557. The van der Waals surface area contributed by atoms with Crippen LogP contribution in [-0.4, -0.2) is 58.5 Å². The van der Waals surface area contributed by atoms with Gasteiger partial charge >= 0.3 is 0 Å². The van der Waals surface area contributed by atoms with Gasteiger partial charge < -0.3 is 14.4 Å². The third kappa shape index (κ3) is 2.60. The lowest BCUT2D eigenvalue weighted by molar-refractivity contribution is -0.126. The second kappa shape index (κ2) is 6.01. The topological polar surface area (TPSA) is 76.2 Å². The molecular weight excluding hydrogens is 332 g/mol. The van der Waals surface area contributed by atoms with Gasteiger partial charge in [0.2, 0.25) is 12.7 Å². The van der Waals surface area contributed by atoms with Gasteiger partial charge in [-0.15, -0.1) is 0 Å². The standard InChI is InChI=1S/C16H16N2O5S/c19-14-8-24-16(21)18(14)11-3-5-17(6-4-11)15(20)10-1-2-12-13(7-10)23-9-22-12/h1-2,7,11H,3-6,8-9H2. The van der Waals surface area contributed by atoms with Crippen molar-refractivity contribution < 1.29 is 23.9 Å².